The number of hydrogen-bond acceptors (Lipinski definition) is 10. The fourth-order valence-corrected chi connectivity index (χ4v) is 9.03. The summed E-state index contributed by atoms with van der Waals surface area (Å²) < 4.78 is 79.7. The molecule has 4 atom stereocenters. The van der Waals surface area contributed by atoms with Crippen LogP contribution in [0.1, 0.15) is 50.6 Å². The minimum atomic E-state index is -4.68. The number of allylic oxidation sites excluding steroid dienone is 1. The van der Waals surface area contributed by atoms with E-state index in [1.165, 1.54) is 29.1 Å². The van der Waals surface area contributed by atoms with Gasteiger partial charge in [0.1, 0.15) is 44.9 Å². The number of thiazole rings is 1. The molecule has 1 aromatic carbocycles. The molecular formula is C36H40ClF3N6O7S2. The predicted octanol–water partition coefficient (Wildman–Crippen LogP) is 5.94. The molecule has 1 aliphatic heterocycles. The summed E-state index contributed by atoms with van der Waals surface area (Å²) in [5.41, 5.74) is -2.49. The van der Waals surface area contributed by atoms with Crippen molar-refractivity contribution in [3.8, 4) is 22.2 Å². The number of carbonyl (C=O) groups excluding carboxylic acids is 3. The van der Waals surface area contributed by atoms with Crippen molar-refractivity contribution in [1.29, 1.82) is 0 Å². The number of nitrogens with one attached hydrogen (secondary N) is 2. The van der Waals surface area contributed by atoms with Crippen molar-refractivity contribution < 1.29 is 45.4 Å². The first-order valence-electron chi connectivity index (χ1n) is 17.5. The number of urea groups is 1. The van der Waals surface area contributed by atoms with Crippen molar-refractivity contribution in [2.45, 2.75) is 74.1 Å². The Balaban J connectivity index is 1.31. The Labute approximate surface area is 325 Å². The van der Waals surface area contributed by atoms with Crippen LogP contribution in [-0.4, -0.2) is 96.2 Å². The fraction of sp³-hybridized carbons (Fsp3) is 0.472. The maximum atomic E-state index is 14.1. The van der Waals surface area contributed by atoms with E-state index >= 15 is 0 Å². The molecule has 55 heavy (non-hydrogen) atoms. The second kappa shape index (κ2) is 15.6. The predicted molar refractivity (Wildman–Crippen MR) is 200 cm³/mol. The number of fused-ring (bicyclic) bond motifs is 1. The minimum Gasteiger partial charge on any atom is -0.495 e. The molecule has 13 nitrogen and oxygen atoms in total. The van der Waals surface area contributed by atoms with Gasteiger partial charge in [-0.25, -0.2) is 23.2 Å². The Morgan fingerprint density at radius 1 is 1.18 bits per heavy atom. The van der Waals surface area contributed by atoms with E-state index in [0.29, 0.717) is 31.2 Å². The van der Waals surface area contributed by atoms with Crippen LogP contribution in [0.3, 0.4) is 0 Å². The SMILES string of the molecule is C=CCCCCN(C)C(=O)[C@@H]1C[C@H](Oc2cc(-c3nc(C(F)(F)F)cs3)nc3c(Cl)c(OC)ccc23)CN1C(=O)N[C@]1(C(=O)NS(=O)(=O)C2CC2)CC1C=C. The maximum Gasteiger partial charge on any atom is 0.434 e. The number of nitrogens with zero attached hydrogens (tertiary/aromatic N) is 4. The molecule has 3 aromatic rings. The first kappa shape index (κ1) is 40.2. The molecule has 1 unspecified atom stereocenters. The van der Waals surface area contributed by atoms with E-state index in [1.54, 1.807) is 25.3 Å². The summed E-state index contributed by atoms with van der Waals surface area (Å²) >= 11 is 7.37. The Bertz CT molecular complexity index is 2130. The van der Waals surface area contributed by atoms with Crippen molar-refractivity contribution in [2.24, 2.45) is 5.92 Å². The van der Waals surface area contributed by atoms with Gasteiger partial charge in [0.15, 0.2) is 5.69 Å². The number of alkyl halides is 3. The number of likely N-dealkylation sites (N-methyl/N-ethyl adjacent to an activating group) is 1. The topological polar surface area (TPSA) is 160 Å². The number of likely N-dealkylation sites (tertiary alicyclic amines) is 1. The number of rotatable bonds is 15. The lowest BCUT2D eigenvalue weighted by molar-refractivity contribution is -0.140. The van der Waals surface area contributed by atoms with Crippen LogP contribution >= 0.6 is 22.9 Å². The van der Waals surface area contributed by atoms with Crippen molar-refractivity contribution in [3.05, 3.63) is 59.6 Å². The van der Waals surface area contributed by atoms with Gasteiger partial charge in [-0.05, 0) is 50.7 Å². The second-order valence-corrected chi connectivity index (χ2v) is 17.0. The first-order chi connectivity index (χ1) is 26.0. The Kier molecular flexibility index (Phi) is 11.4. The van der Waals surface area contributed by atoms with Gasteiger partial charge in [-0.15, -0.1) is 24.5 Å². The number of hydrogen-bond donors (Lipinski definition) is 2. The molecular weight excluding hydrogens is 785 g/mol. The van der Waals surface area contributed by atoms with E-state index in [-0.39, 0.29) is 58.0 Å². The quantitative estimate of drug-likeness (QED) is 0.140. The van der Waals surface area contributed by atoms with E-state index in [4.69, 9.17) is 21.1 Å². The molecule has 0 radical (unpaired) electrons. The number of ether oxygens (including phenoxy) is 2. The molecule has 19 heteroatoms. The van der Waals surface area contributed by atoms with Gasteiger partial charge < -0.3 is 24.6 Å². The monoisotopic (exact) mass is 824 g/mol. The number of carbonyl (C=O) groups is 3. The Hall–Kier alpha value is -4.42. The van der Waals surface area contributed by atoms with Crippen LogP contribution in [-0.2, 0) is 25.8 Å². The minimum absolute atomic E-state index is 0.00189. The van der Waals surface area contributed by atoms with Crippen molar-refractivity contribution in [3.63, 3.8) is 0 Å². The fourth-order valence-electron chi connectivity index (χ4n) is 6.60. The van der Waals surface area contributed by atoms with E-state index in [1.807, 2.05) is 0 Å². The zero-order valence-electron chi connectivity index (χ0n) is 30.0. The number of sulfonamides is 1. The molecule has 6 rings (SSSR count). The van der Waals surface area contributed by atoms with Crippen molar-refractivity contribution >= 4 is 61.7 Å². The van der Waals surface area contributed by atoms with Crippen LogP contribution in [0.4, 0.5) is 18.0 Å². The average molecular weight is 825 g/mol. The largest absolute Gasteiger partial charge is 0.495 e. The van der Waals surface area contributed by atoms with Crippen LogP contribution < -0.4 is 19.5 Å². The molecule has 4 amide bonds. The van der Waals surface area contributed by atoms with Gasteiger partial charge in [0.05, 0.1) is 24.4 Å². The van der Waals surface area contributed by atoms with E-state index in [9.17, 15) is 36.0 Å². The lowest BCUT2D eigenvalue weighted by Crippen LogP contribution is -2.57. The Morgan fingerprint density at radius 2 is 1.93 bits per heavy atom. The van der Waals surface area contributed by atoms with Gasteiger partial charge in [0.2, 0.25) is 15.9 Å². The molecule has 3 heterocycles. The van der Waals surface area contributed by atoms with Crippen molar-refractivity contribution in [1.82, 2.24) is 29.8 Å². The summed E-state index contributed by atoms with van der Waals surface area (Å²) in [4.78, 5) is 52.6. The van der Waals surface area contributed by atoms with E-state index < -0.39 is 62.7 Å². The summed E-state index contributed by atoms with van der Waals surface area (Å²) in [6.07, 6.45) is 0.914. The zero-order valence-corrected chi connectivity index (χ0v) is 32.4. The highest BCUT2D eigenvalue weighted by Gasteiger charge is 2.62. The van der Waals surface area contributed by atoms with Crippen LogP contribution in [0.5, 0.6) is 11.5 Å². The standard InChI is InChI=1S/C36H40ClF3N6O7S2/c1-5-7-8-9-14-45(3)32(47)25-15-21(18-46(25)34(49)43-35(17-20(35)6-2)33(48)44-55(50,51)22-10-11-22)53-27-16-24(31-42-28(19-54-31)36(38,39)40)41-30-23(27)12-13-26(52-4)29(30)37/h5-6,12-13,16,19-22,25H,1-2,7-11,14-15,17-18H2,3-4H3,(H,43,49)(H,44,48)/t20?,21-,25-,35+/m0/s1. The van der Waals surface area contributed by atoms with E-state index in [2.05, 4.69) is 33.2 Å². The van der Waals surface area contributed by atoms with Crippen LogP contribution in [0.2, 0.25) is 5.02 Å². The molecule has 2 saturated carbocycles. The number of halogens is 4. The summed E-state index contributed by atoms with van der Waals surface area (Å²) in [7, 11) is -0.913. The van der Waals surface area contributed by atoms with Gasteiger partial charge in [-0.1, -0.05) is 23.8 Å². The van der Waals surface area contributed by atoms with Gasteiger partial charge in [-0.2, -0.15) is 13.2 Å². The number of pyridine rings is 1. The van der Waals surface area contributed by atoms with Crippen LogP contribution in [0.25, 0.3) is 21.6 Å². The normalized spacial score (nSPS) is 22.2. The molecule has 0 bridgehead atoms. The molecule has 0 spiro atoms. The zero-order chi connectivity index (χ0) is 39.9. The molecule has 3 aliphatic rings. The third-order valence-electron chi connectivity index (χ3n) is 9.94. The van der Waals surface area contributed by atoms with Crippen LogP contribution in [0, 0.1) is 5.92 Å². The highest BCUT2D eigenvalue weighted by Crippen LogP contribution is 2.46. The third-order valence-corrected chi connectivity index (χ3v) is 13.0. The van der Waals surface area contributed by atoms with E-state index in [0.717, 1.165) is 29.6 Å². The highest BCUT2D eigenvalue weighted by atomic mass is 35.5. The van der Waals surface area contributed by atoms with Gasteiger partial charge in [0.25, 0.3) is 5.91 Å². The van der Waals surface area contributed by atoms with Gasteiger partial charge in [-0.3, -0.25) is 14.3 Å². The Morgan fingerprint density at radius 3 is 2.55 bits per heavy atom. The number of aromatic nitrogens is 2. The number of benzene rings is 1. The third kappa shape index (κ3) is 8.40. The lowest BCUT2D eigenvalue weighted by atomic mass is 10.1. The maximum absolute atomic E-state index is 14.1. The lowest BCUT2D eigenvalue weighted by Gasteiger charge is -2.29. The van der Waals surface area contributed by atoms with Gasteiger partial charge in [0, 0.05) is 42.8 Å². The van der Waals surface area contributed by atoms with Crippen molar-refractivity contribution in [2.75, 3.05) is 27.2 Å². The number of unbranched alkanes of at least 4 members (excludes halogenated alkanes) is 2. The molecule has 3 fully saturated rings. The molecule has 2 aliphatic carbocycles. The highest BCUT2D eigenvalue weighted by molar-refractivity contribution is 7.91. The summed E-state index contributed by atoms with van der Waals surface area (Å²) in [5, 5.41) is 3.32. The average Bonchev–Trinajstić information content (AvgIpc) is 4.02. The first-order valence-corrected chi connectivity index (χ1v) is 20.3. The number of amides is 4. The summed E-state index contributed by atoms with van der Waals surface area (Å²) in [6.45, 7) is 7.70. The smallest absolute Gasteiger partial charge is 0.434 e. The van der Waals surface area contributed by atoms with Crippen LogP contribution in [0.15, 0.2) is 48.9 Å². The summed E-state index contributed by atoms with van der Waals surface area (Å²) in [5.74, 6) is -1.42. The summed E-state index contributed by atoms with van der Waals surface area (Å²) in [6, 6.07) is 2.77. The molecule has 2 aromatic heterocycles. The second-order valence-electron chi connectivity index (χ2n) is 13.8. The molecule has 1 saturated heterocycles. The molecule has 296 valence electrons. The number of methoxy groups -OCH3 is 1. The van der Waals surface area contributed by atoms with Gasteiger partial charge >= 0.3 is 12.2 Å². The molecule has 2 N–H and O–H groups in total.